The molecule has 2 amide bonds. The number of rotatable bonds is 2. The first-order valence-electron chi connectivity index (χ1n) is 7.23. The van der Waals surface area contributed by atoms with Crippen molar-refractivity contribution in [3.8, 4) is 6.07 Å². The van der Waals surface area contributed by atoms with Crippen molar-refractivity contribution in [3.63, 3.8) is 0 Å². The molecule has 0 aliphatic carbocycles. The van der Waals surface area contributed by atoms with E-state index in [9.17, 15) is 4.79 Å². The van der Waals surface area contributed by atoms with Gasteiger partial charge in [-0.05, 0) is 30.3 Å². The zero-order valence-corrected chi connectivity index (χ0v) is 14.8. The van der Waals surface area contributed by atoms with Gasteiger partial charge in [-0.15, -0.1) is 11.8 Å². The maximum atomic E-state index is 12.6. The smallest absolute Gasteiger partial charge is 0.308 e. The molecule has 1 fully saturated rings. The molecule has 2 aromatic carbocycles. The molecule has 0 radical (unpaired) electrons. The first-order valence-corrected chi connectivity index (χ1v) is 9.03. The summed E-state index contributed by atoms with van der Waals surface area (Å²) in [7, 11) is 0. The lowest BCUT2D eigenvalue weighted by molar-refractivity contribution is 0.214. The third-order valence-electron chi connectivity index (χ3n) is 3.62. The molecular formula is C17H13Cl2N3OS. The van der Waals surface area contributed by atoms with Crippen molar-refractivity contribution in [2.45, 2.75) is 5.37 Å². The standard InChI is InChI=1S/C17H13Cl2N3OS/c18-12-4-5-14(15(19)9-12)16-22(6-7-24-16)17(23)21-13-3-1-2-11(8-13)10-20/h1-5,8-9,16H,6-7H2,(H,21,23)/t16-/m0/s1. The molecule has 3 rings (SSSR count). The Bertz CT molecular complexity index is 822. The number of hydrogen-bond acceptors (Lipinski definition) is 3. The molecule has 4 nitrogen and oxygen atoms in total. The van der Waals surface area contributed by atoms with Gasteiger partial charge in [-0.1, -0.05) is 35.3 Å². The van der Waals surface area contributed by atoms with Gasteiger partial charge in [0.15, 0.2) is 0 Å². The summed E-state index contributed by atoms with van der Waals surface area (Å²) < 4.78 is 0. The number of urea groups is 1. The van der Waals surface area contributed by atoms with Crippen molar-refractivity contribution in [1.29, 1.82) is 5.26 Å². The maximum absolute atomic E-state index is 12.6. The highest BCUT2D eigenvalue weighted by molar-refractivity contribution is 7.99. The number of hydrogen-bond donors (Lipinski definition) is 1. The Balaban J connectivity index is 1.79. The molecule has 2 aromatic rings. The highest BCUT2D eigenvalue weighted by Gasteiger charge is 2.32. The molecule has 0 saturated carbocycles. The molecular weight excluding hydrogens is 365 g/mol. The quantitative estimate of drug-likeness (QED) is 0.787. The van der Waals surface area contributed by atoms with Crippen LogP contribution in [0.4, 0.5) is 10.5 Å². The summed E-state index contributed by atoms with van der Waals surface area (Å²) >= 11 is 13.9. The summed E-state index contributed by atoms with van der Waals surface area (Å²) in [5.41, 5.74) is 1.96. The first-order chi connectivity index (χ1) is 11.6. The summed E-state index contributed by atoms with van der Waals surface area (Å²) in [5.74, 6) is 0.829. The highest BCUT2D eigenvalue weighted by atomic mass is 35.5. The molecule has 0 bridgehead atoms. The molecule has 0 spiro atoms. The van der Waals surface area contributed by atoms with Crippen LogP contribution in [0.3, 0.4) is 0 Å². The van der Waals surface area contributed by atoms with Gasteiger partial charge in [0.2, 0.25) is 0 Å². The lowest BCUT2D eigenvalue weighted by Crippen LogP contribution is -2.34. The van der Waals surface area contributed by atoms with Crippen LogP contribution in [-0.4, -0.2) is 23.2 Å². The number of halogens is 2. The summed E-state index contributed by atoms with van der Waals surface area (Å²) in [6.07, 6.45) is 0. The predicted octanol–water partition coefficient (Wildman–Crippen LogP) is 5.14. The largest absolute Gasteiger partial charge is 0.323 e. The van der Waals surface area contributed by atoms with Crippen LogP contribution in [0.2, 0.25) is 10.0 Å². The molecule has 1 aliphatic heterocycles. The molecule has 122 valence electrons. The van der Waals surface area contributed by atoms with Gasteiger partial charge in [-0.2, -0.15) is 5.26 Å². The number of nitrogens with one attached hydrogen (secondary N) is 1. The van der Waals surface area contributed by atoms with Crippen LogP contribution in [0.25, 0.3) is 0 Å². The van der Waals surface area contributed by atoms with Gasteiger partial charge in [0.25, 0.3) is 0 Å². The third kappa shape index (κ3) is 3.62. The first kappa shape index (κ1) is 17.0. The average Bonchev–Trinajstić information content (AvgIpc) is 3.04. The second kappa shape index (κ2) is 7.35. The molecule has 1 atom stereocenters. The van der Waals surface area contributed by atoms with Crippen molar-refractivity contribution in [2.24, 2.45) is 0 Å². The summed E-state index contributed by atoms with van der Waals surface area (Å²) in [6.45, 7) is 0.623. The lowest BCUT2D eigenvalue weighted by atomic mass is 10.2. The molecule has 24 heavy (non-hydrogen) atoms. The number of benzene rings is 2. The monoisotopic (exact) mass is 377 g/mol. The number of carbonyl (C=O) groups is 1. The van der Waals surface area contributed by atoms with Crippen LogP contribution < -0.4 is 5.32 Å². The van der Waals surface area contributed by atoms with Crippen molar-refractivity contribution < 1.29 is 4.79 Å². The second-order valence-electron chi connectivity index (χ2n) is 5.21. The van der Waals surface area contributed by atoms with Crippen LogP contribution in [0, 0.1) is 11.3 Å². The predicted molar refractivity (Wildman–Crippen MR) is 98.5 cm³/mol. The van der Waals surface area contributed by atoms with Gasteiger partial charge in [0.1, 0.15) is 5.37 Å². The molecule has 7 heteroatoms. The second-order valence-corrected chi connectivity index (χ2v) is 7.24. The summed E-state index contributed by atoms with van der Waals surface area (Å²) in [6, 6.07) is 14.0. The minimum absolute atomic E-state index is 0.158. The normalized spacial score (nSPS) is 16.7. The molecule has 0 unspecified atom stereocenters. The van der Waals surface area contributed by atoms with E-state index in [1.807, 2.05) is 6.07 Å². The molecule has 1 N–H and O–H groups in total. The van der Waals surface area contributed by atoms with Gasteiger partial charge >= 0.3 is 6.03 Å². The van der Waals surface area contributed by atoms with Crippen molar-refractivity contribution in [2.75, 3.05) is 17.6 Å². The van der Waals surface area contributed by atoms with E-state index in [0.717, 1.165) is 11.3 Å². The van der Waals surface area contributed by atoms with Crippen LogP contribution in [-0.2, 0) is 0 Å². The Labute approximate surface area is 154 Å². The summed E-state index contributed by atoms with van der Waals surface area (Å²) in [5, 5.41) is 12.7. The topological polar surface area (TPSA) is 56.1 Å². The van der Waals surface area contributed by atoms with Crippen molar-refractivity contribution >= 4 is 46.7 Å². The van der Waals surface area contributed by atoms with E-state index >= 15 is 0 Å². The van der Waals surface area contributed by atoms with E-state index in [1.54, 1.807) is 53.1 Å². The number of thioether (sulfide) groups is 1. The fourth-order valence-electron chi connectivity index (χ4n) is 2.50. The SMILES string of the molecule is N#Cc1cccc(NC(=O)N2CCS[C@H]2c2ccc(Cl)cc2Cl)c1. The number of anilines is 1. The Morgan fingerprint density at radius 1 is 1.29 bits per heavy atom. The Morgan fingerprint density at radius 2 is 2.12 bits per heavy atom. The lowest BCUT2D eigenvalue weighted by Gasteiger charge is -2.25. The third-order valence-corrected chi connectivity index (χ3v) is 5.43. The van der Waals surface area contributed by atoms with E-state index in [1.165, 1.54) is 0 Å². The van der Waals surface area contributed by atoms with Crippen LogP contribution >= 0.6 is 35.0 Å². The fraction of sp³-hybridized carbons (Fsp3) is 0.176. The zero-order chi connectivity index (χ0) is 17.1. The molecule has 1 aliphatic rings. The van der Waals surface area contributed by atoms with Gasteiger partial charge in [-0.3, -0.25) is 0 Å². The van der Waals surface area contributed by atoms with Gasteiger partial charge in [-0.25, -0.2) is 4.79 Å². The Morgan fingerprint density at radius 3 is 2.88 bits per heavy atom. The van der Waals surface area contributed by atoms with Gasteiger partial charge in [0, 0.05) is 33.6 Å². The number of nitriles is 1. The van der Waals surface area contributed by atoms with Crippen molar-refractivity contribution in [1.82, 2.24) is 4.90 Å². The van der Waals surface area contributed by atoms with Crippen molar-refractivity contribution in [3.05, 3.63) is 63.6 Å². The zero-order valence-electron chi connectivity index (χ0n) is 12.5. The number of amides is 2. The minimum atomic E-state index is -0.217. The number of nitrogens with zero attached hydrogens (tertiary/aromatic N) is 2. The van der Waals surface area contributed by atoms with Crippen LogP contribution in [0.1, 0.15) is 16.5 Å². The minimum Gasteiger partial charge on any atom is -0.308 e. The number of carbonyl (C=O) groups excluding carboxylic acids is 1. The maximum Gasteiger partial charge on any atom is 0.323 e. The Kier molecular flexibility index (Phi) is 5.20. The van der Waals surface area contributed by atoms with E-state index in [4.69, 9.17) is 28.5 Å². The highest BCUT2D eigenvalue weighted by Crippen LogP contribution is 2.41. The van der Waals surface area contributed by atoms with E-state index in [-0.39, 0.29) is 11.4 Å². The van der Waals surface area contributed by atoms with Gasteiger partial charge < -0.3 is 10.2 Å². The van der Waals surface area contributed by atoms with E-state index in [0.29, 0.717) is 27.8 Å². The van der Waals surface area contributed by atoms with Crippen LogP contribution in [0.5, 0.6) is 0 Å². The average molecular weight is 378 g/mol. The molecule has 1 saturated heterocycles. The Hall–Kier alpha value is -1.87. The molecule has 1 heterocycles. The summed E-state index contributed by atoms with van der Waals surface area (Å²) in [4.78, 5) is 14.4. The fourth-order valence-corrected chi connectivity index (χ4v) is 4.37. The van der Waals surface area contributed by atoms with E-state index in [2.05, 4.69) is 11.4 Å². The molecule has 0 aromatic heterocycles. The van der Waals surface area contributed by atoms with E-state index < -0.39 is 0 Å². The van der Waals surface area contributed by atoms with Crippen LogP contribution in [0.15, 0.2) is 42.5 Å². The van der Waals surface area contributed by atoms with Gasteiger partial charge in [0.05, 0.1) is 11.6 Å².